The molecule has 24 heavy (non-hydrogen) atoms. The van der Waals surface area contributed by atoms with Gasteiger partial charge in [-0.3, -0.25) is 9.69 Å². The molecule has 0 N–H and O–H groups in total. The molecule has 1 aromatic carbocycles. The molecule has 1 fully saturated rings. The van der Waals surface area contributed by atoms with Crippen LogP contribution in [0.2, 0.25) is 0 Å². The van der Waals surface area contributed by atoms with Crippen LogP contribution in [-0.4, -0.2) is 46.9 Å². The molecule has 0 bridgehead atoms. The number of carbonyl (C=O) groups excluding carboxylic acids is 1. The van der Waals surface area contributed by atoms with Crippen LogP contribution in [0.15, 0.2) is 35.7 Å². The van der Waals surface area contributed by atoms with E-state index < -0.39 is 0 Å². The molecule has 0 atom stereocenters. The van der Waals surface area contributed by atoms with Crippen molar-refractivity contribution in [2.75, 3.05) is 26.2 Å². The van der Waals surface area contributed by atoms with Crippen LogP contribution in [0, 0.1) is 13.8 Å². The maximum atomic E-state index is 12.3. The molecule has 1 aliphatic rings. The van der Waals surface area contributed by atoms with Crippen LogP contribution in [0.1, 0.15) is 21.8 Å². The number of rotatable bonds is 4. The highest BCUT2D eigenvalue weighted by Crippen LogP contribution is 2.13. The van der Waals surface area contributed by atoms with E-state index >= 15 is 0 Å². The molecule has 1 aromatic heterocycles. The van der Waals surface area contributed by atoms with Gasteiger partial charge in [0.1, 0.15) is 0 Å². The van der Waals surface area contributed by atoms with E-state index in [9.17, 15) is 4.79 Å². The number of hydrogen-bond acceptors (Lipinski definition) is 4. The molecule has 126 valence electrons. The molecule has 0 radical (unpaired) electrons. The van der Waals surface area contributed by atoms with Crippen LogP contribution in [0.5, 0.6) is 0 Å². The van der Waals surface area contributed by atoms with Crippen LogP contribution in [-0.2, 0) is 11.3 Å². The zero-order chi connectivity index (χ0) is 16.9. The van der Waals surface area contributed by atoms with E-state index in [1.807, 2.05) is 30.0 Å². The molecule has 4 nitrogen and oxygen atoms in total. The number of carbonyl (C=O) groups is 1. The van der Waals surface area contributed by atoms with Gasteiger partial charge in [0.15, 0.2) is 0 Å². The third-order valence-corrected chi connectivity index (χ3v) is 5.02. The summed E-state index contributed by atoms with van der Waals surface area (Å²) in [5.74, 6) is 0.0978. The van der Waals surface area contributed by atoms with Gasteiger partial charge in [-0.15, -0.1) is 11.3 Å². The SMILES string of the molecule is Cc1cccc(C=CC(=O)N2CCN(Cc3csc(C)n3)CC2)c1. The van der Waals surface area contributed by atoms with Gasteiger partial charge < -0.3 is 4.90 Å². The highest BCUT2D eigenvalue weighted by atomic mass is 32.1. The van der Waals surface area contributed by atoms with Gasteiger partial charge in [-0.25, -0.2) is 4.98 Å². The van der Waals surface area contributed by atoms with Gasteiger partial charge in [0.05, 0.1) is 10.7 Å². The summed E-state index contributed by atoms with van der Waals surface area (Å²) >= 11 is 1.69. The van der Waals surface area contributed by atoms with Crippen LogP contribution < -0.4 is 0 Å². The third kappa shape index (κ3) is 4.52. The van der Waals surface area contributed by atoms with Crippen LogP contribution >= 0.6 is 11.3 Å². The number of aryl methyl sites for hydroxylation is 2. The fourth-order valence-corrected chi connectivity index (χ4v) is 3.49. The van der Waals surface area contributed by atoms with Crippen molar-refractivity contribution in [1.29, 1.82) is 0 Å². The minimum Gasteiger partial charge on any atom is -0.337 e. The summed E-state index contributed by atoms with van der Waals surface area (Å²) in [7, 11) is 0. The molecule has 2 heterocycles. The molecule has 0 aliphatic carbocycles. The first-order valence-electron chi connectivity index (χ1n) is 8.27. The number of hydrogen-bond donors (Lipinski definition) is 0. The normalized spacial score (nSPS) is 16.0. The number of thiazole rings is 1. The second-order valence-electron chi connectivity index (χ2n) is 6.21. The maximum Gasteiger partial charge on any atom is 0.246 e. The monoisotopic (exact) mass is 341 g/mol. The Morgan fingerprint density at radius 3 is 2.71 bits per heavy atom. The number of nitrogens with zero attached hydrogens (tertiary/aromatic N) is 3. The van der Waals surface area contributed by atoms with Crippen molar-refractivity contribution in [3.05, 3.63) is 57.6 Å². The molecule has 0 saturated carbocycles. The van der Waals surface area contributed by atoms with Gasteiger partial charge in [0.25, 0.3) is 0 Å². The van der Waals surface area contributed by atoms with Gasteiger partial charge in [-0.05, 0) is 25.5 Å². The molecular weight excluding hydrogens is 318 g/mol. The summed E-state index contributed by atoms with van der Waals surface area (Å²) in [5, 5.41) is 3.23. The molecular formula is C19H23N3OS. The molecule has 0 unspecified atom stereocenters. The fourth-order valence-electron chi connectivity index (χ4n) is 2.88. The second kappa shape index (κ2) is 7.73. The summed E-state index contributed by atoms with van der Waals surface area (Å²) in [4.78, 5) is 21.1. The van der Waals surface area contributed by atoms with Crippen molar-refractivity contribution in [1.82, 2.24) is 14.8 Å². The molecule has 1 amide bonds. The number of aromatic nitrogens is 1. The smallest absolute Gasteiger partial charge is 0.246 e. The van der Waals surface area contributed by atoms with Crippen molar-refractivity contribution in [2.24, 2.45) is 0 Å². The van der Waals surface area contributed by atoms with Crippen molar-refractivity contribution < 1.29 is 4.79 Å². The largest absolute Gasteiger partial charge is 0.337 e. The number of piperazine rings is 1. The summed E-state index contributed by atoms with van der Waals surface area (Å²) in [6.45, 7) is 8.33. The molecule has 0 spiro atoms. The molecule has 3 rings (SSSR count). The van der Waals surface area contributed by atoms with E-state index in [2.05, 4.69) is 34.3 Å². The van der Waals surface area contributed by atoms with Gasteiger partial charge in [0, 0.05) is 44.2 Å². The standard InChI is InChI=1S/C19H23N3OS/c1-15-4-3-5-17(12-15)6-7-19(23)22-10-8-21(9-11-22)13-18-14-24-16(2)20-18/h3-7,12,14H,8-11,13H2,1-2H3. The summed E-state index contributed by atoms with van der Waals surface area (Å²) in [6.07, 6.45) is 3.59. The molecule has 5 heteroatoms. The van der Waals surface area contributed by atoms with Crippen LogP contribution in [0.3, 0.4) is 0 Å². The fraction of sp³-hybridized carbons (Fsp3) is 0.368. The lowest BCUT2D eigenvalue weighted by Gasteiger charge is -2.33. The minimum absolute atomic E-state index is 0.0978. The van der Waals surface area contributed by atoms with Gasteiger partial charge in [-0.1, -0.05) is 29.8 Å². The number of benzene rings is 1. The van der Waals surface area contributed by atoms with E-state index in [4.69, 9.17) is 0 Å². The molecule has 2 aromatic rings. The lowest BCUT2D eigenvalue weighted by Crippen LogP contribution is -2.47. The van der Waals surface area contributed by atoms with E-state index in [0.29, 0.717) is 0 Å². The van der Waals surface area contributed by atoms with E-state index in [1.165, 1.54) is 5.56 Å². The average Bonchev–Trinajstić information content (AvgIpc) is 2.98. The Hall–Kier alpha value is -1.98. The zero-order valence-electron chi connectivity index (χ0n) is 14.2. The summed E-state index contributed by atoms with van der Waals surface area (Å²) < 4.78 is 0. The van der Waals surface area contributed by atoms with Gasteiger partial charge >= 0.3 is 0 Å². The predicted octanol–water partition coefficient (Wildman–Crippen LogP) is 3.12. The van der Waals surface area contributed by atoms with Crippen molar-refractivity contribution in [2.45, 2.75) is 20.4 Å². The highest BCUT2D eigenvalue weighted by molar-refractivity contribution is 7.09. The van der Waals surface area contributed by atoms with Gasteiger partial charge in [-0.2, -0.15) is 0 Å². The predicted molar refractivity (Wildman–Crippen MR) is 98.9 cm³/mol. The Morgan fingerprint density at radius 1 is 1.25 bits per heavy atom. The van der Waals surface area contributed by atoms with Crippen LogP contribution in [0.4, 0.5) is 0 Å². The first-order chi connectivity index (χ1) is 11.6. The molecule has 1 saturated heterocycles. The van der Waals surface area contributed by atoms with Crippen molar-refractivity contribution in [3.8, 4) is 0 Å². The Labute approximate surface area is 147 Å². The lowest BCUT2D eigenvalue weighted by atomic mass is 10.1. The third-order valence-electron chi connectivity index (χ3n) is 4.20. The highest BCUT2D eigenvalue weighted by Gasteiger charge is 2.20. The average molecular weight is 341 g/mol. The van der Waals surface area contributed by atoms with Gasteiger partial charge in [0.2, 0.25) is 5.91 Å². The quantitative estimate of drug-likeness (QED) is 0.802. The molecule has 1 aliphatic heterocycles. The van der Waals surface area contributed by atoms with Crippen molar-refractivity contribution >= 4 is 23.3 Å². The second-order valence-corrected chi connectivity index (χ2v) is 7.27. The Bertz CT molecular complexity index is 730. The van der Waals surface area contributed by atoms with Crippen molar-refractivity contribution in [3.63, 3.8) is 0 Å². The lowest BCUT2D eigenvalue weighted by molar-refractivity contribution is -0.127. The zero-order valence-corrected chi connectivity index (χ0v) is 15.1. The summed E-state index contributed by atoms with van der Waals surface area (Å²) in [5.41, 5.74) is 3.41. The first-order valence-corrected chi connectivity index (χ1v) is 9.15. The van der Waals surface area contributed by atoms with E-state index in [-0.39, 0.29) is 5.91 Å². The van der Waals surface area contributed by atoms with E-state index in [1.54, 1.807) is 17.4 Å². The maximum absolute atomic E-state index is 12.3. The minimum atomic E-state index is 0.0978. The topological polar surface area (TPSA) is 36.4 Å². The summed E-state index contributed by atoms with van der Waals surface area (Å²) in [6, 6.07) is 8.17. The Kier molecular flexibility index (Phi) is 5.43. The first kappa shape index (κ1) is 16.9. The Morgan fingerprint density at radius 2 is 2.04 bits per heavy atom. The Balaban J connectivity index is 1.49. The number of amides is 1. The van der Waals surface area contributed by atoms with E-state index in [0.717, 1.165) is 49.0 Å². The van der Waals surface area contributed by atoms with Crippen LogP contribution in [0.25, 0.3) is 6.08 Å².